The van der Waals surface area contributed by atoms with Gasteiger partial charge in [0.2, 0.25) is 0 Å². The van der Waals surface area contributed by atoms with Gasteiger partial charge in [-0.15, -0.1) is 0 Å². The van der Waals surface area contributed by atoms with Crippen molar-refractivity contribution in [3.63, 3.8) is 0 Å². The van der Waals surface area contributed by atoms with Gasteiger partial charge < -0.3 is 15.5 Å². The van der Waals surface area contributed by atoms with Crippen molar-refractivity contribution < 1.29 is 22.7 Å². The number of benzene rings is 1. The number of nitrogens with zero attached hydrogens (tertiary/aromatic N) is 1. The van der Waals surface area contributed by atoms with Crippen LogP contribution in [0.1, 0.15) is 32.9 Å². The first kappa shape index (κ1) is 21.1. The van der Waals surface area contributed by atoms with E-state index >= 15 is 0 Å². The molecule has 2 aromatic heterocycles. The lowest BCUT2D eigenvalue weighted by atomic mass is 10.0. The van der Waals surface area contributed by atoms with Crippen LogP contribution < -0.4 is 16.0 Å². The molecule has 156 valence electrons. The summed E-state index contributed by atoms with van der Waals surface area (Å²) in [6.45, 7) is 4.08. The maximum atomic E-state index is 13.4. The number of aryl methyl sites for hydroxylation is 1. The number of hydrogen-bond acceptors (Lipinski definition) is 4. The van der Waals surface area contributed by atoms with Gasteiger partial charge in [0.15, 0.2) is 0 Å². The summed E-state index contributed by atoms with van der Waals surface area (Å²) in [5.41, 5.74) is 4.70. The van der Waals surface area contributed by atoms with Crippen molar-refractivity contribution in [3.8, 4) is 16.9 Å². The predicted octanol–water partition coefficient (Wildman–Crippen LogP) is 3.75. The second-order valence-electron chi connectivity index (χ2n) is 6.66. The molecule has 0 saturated carbocycles. The third-order valence-electron chi connectivity index (χ3n) is 4.72. The fourth-order valence-corrected chi connectivity index (χ4v) is 2.91. The summed E-state index contributed by atoms with van der Waals surface area (Å²) in [4.78, 5) is 29.1. The van der Waals surface area contributed by atoms with Crippen LogP contribution in [0.3, 0.4) is 0 Å². The van der Waals surface area contributed by atoms with Gasteiger partial charge in [-0.2, -0.15) is 13.2 Å². The minimum atomic E-state index is -4.82. The average molecular weight is 417 g/mol. The first-order chi connectivity index (χ1) is 14.1. The van der Waals surface area contributed by atoms with Crippen LogP contribution >= 0.6 is 0 Å². The van der Waals surface area contributed by atoms with E-state index in [-0.39, 0.29) is 17.7 Å². The summed E-state index contributed by atoms with van der Waals surface area (Å²) in [5, 5.41) is 0. The van der Waals surface area contributed by atoms with Crippen LogP contribution in [-0.4, -0.2) is 15.9 Å². The number of carbonyl (C=O) groups is 1. The van der Waals surface area contributed by atoms with Gasteiger partial charge in [0.05, 0.1) is 0 Å². The number of rotatable bonds is 5. The lowest BCUT2D eigenvalue weighted by molar-refractivity contribution is -0.140. The number of carbonyl (C=O) groups excluding carboxylic acids is 1. The molecule has 9 heteroatoms. The fourth-order valence-electron chi connectivity index (χ4n) is 2.91. The number of amides is 1. The maximum Gasteiger partial charge on any atom is 0.431 e. The van der Waals surface area contributed by atoms with Crippen LogP contribution in [0.25, 0.3) is 11.1 Å². The number of nitrogens with two attached hydrogens (primary N) is 1. The third kappa shape index (κ3) is 4.35. The molecule has 3 rings (SSSR count). The zero-order chi connectivity index (χ0) is 22.1. The molecule has 0 aliphatic rings. The number of ether oxygens (including phenoxy) is 1. The Bertz CT molecular complexity index is 1150. The standard InChI is InChI=1S/C21H18F3N3O3/c1-11-12(2)26-8-7-14(11)10-30-15-5-3-13(4-6-15)16-9-17(19(25)28)20(29)27-18(16)21(22,23)24/h3-9H,10H2,1-2H3,(H2,25,28)(H,27,29). The van der Waals surface area contributed by atoms with Crippen LogP contribution in [0.15, 0.2) is 47.4 Å². The summed E-state index contributed by atoms with van der Waals surface area (Å²) in [5.74, 6) is -0.671. The monoisotopic (exact) mass is 417 g/mol. The largest absolute Gasteiger partial charge is 0.489 e. The first-order valence-corrected chi connectivity index (χ1v) is 8.86. The first-order valence-electron chi connectivity index (χ1n) is 8.86. The van der Waals surface area contributed by atoms with Crippen molar-refractivity contribution in [1.82, 2.24) is 9.97 Å². The SMILES string of the molecule is Cc1nccc(COc2ccc(-c3cc(C(N)=O)c(=O)[nH]c3C(F)(F)F)cc2)c1C. The molecule has 0 fully saturated rings. The van der Waals surface area contributed by atoms with E-state index < -0.39 is 28.9 Å². The predicted molar refractivity (Wildman–Crippen MR) is 104 cm³/mol. The average Bonchev–Trinajstić information content (AvgIpc) is 2.68. The number of hydrogen-bond donors (Lipinski definition) is 2. The minimum Gasteiger partial charge on any atom is -0.489 e. The van der Waals surface area contributed by atoms with Gasteiger partial charge in [-0.25, -0.2) is 0 Å². The van der Waals surface area contributed by atoms with E-state index in [2.05, 4.69) is 4.98 Å². The van der Waals surface area contributed by atoms with E-state index in [0.717, 1.165) is 22.9 Å². The Morgan fingerprint density at radius 1 is 1.17 bits per heavy atom. The number of aromatic amines is 1. The summed E-state index contributed by atoms with van der Waals surface area (Å²) < 4.78 is 45.9. The molecule has 3 aromatic rings. The Hall–Kier alpha value is -3.62. The van der Waals surface area contributed by atoms with E-state index in [0.29, 0.717) is 5.75 Å². The van der Waals surface area contributed by atoms with Crippen LogP contribution in [0.2, 0.25) is 0 Å². The zero-order valence-corrected chi connectivity index (χ0v) is 16.1. The molecule has 0 bridgehead atoms. The Morgan fingerprint density at radius 3 is 2.43 bits per heavy atom. The van der Waals surface area contributed by atoms with Crippen molar-refractivity contribution in [2.75, 3.05) is 0 Å². The van der Waals surface area contributed by atoms with E-state index in [9.17, 15) is 22.8 Å². The second-order valence-corrected chi connectivity index (χ2v) is 6.66. The maximum absolute atomic E-state index is 13.4. The molecule has 3 N–H and O–H groups in total. The highest BCUT2D eigenvalue weighted by atomic mass is 19.4. The van der Waals surface area contributed by atoms with Gasteiger partial charge in [-0.05, 0) is 54.8 Å². The van der Waals surface area contributed by atoms with Crippen molar-refractivity contribution in [1.29, 1.82) is 0 Å². The Morgan fingerprint density at radius 2 is 1.83 bits per heavy atom. The van der Waals surface area contributed by atoms with Gasteiger partial charge in [0.25, 0.3) is 11.5 Å². The fraction of sp³-hybridized carbons (Fsp3) is 0.190. The molecule has 0 radical (unpaired) electrons. The summed E-state index contributed by atoms with van der Waals surface area (Å²) >= 11 is 0. The van der Waals surface area contributed by atoms with Crippen LogP contribution in [0, 0.1) is 13.8 Å². The van der Waals surface area contributed by atoms with Crippen LogP contribution in [-0.2, 0) is 12.8 Å². The zero-order valence-electron chi connectivity index (χ0n) is 16.1. The van der Waals surface area contributed by atoms with Crippen molar-refractivity contribution in [2.45, 2.75) is 26.6 Å². The van der Waals surface area contributed by atoms with Gasteiger partial charge in [0.1, 0.15) is 23.6 Å². The molecule has 6 nitrogen and oxygen atoms in total. The molecule has 0 spiro atoms. The second kappa shape index (κ2) is 8.02. The van der Waals surface area contributed by atoms with Crippen LogP contribution in [0.4, 0.5) is 13.2 Å². The molecule has 1 amide bonds. The minimum absolute atomic E-state index is 0.143. The van der Waals surface area contributed by atoms with E-state index in [1.54, 1.807) is 11.2 Å². The molecule has 0 aliphatic heterocycles. The van der Waals surface area contributed by atoms with Crippen molar-refractivity contribution >= 4 is 5.91 Å². The molecule has 0 saturated heterocycles. The lowest BCUT2D eigenvalue weighted by Crippen LogP contribution is -2.27. The van der Waals surface area contributed by atoms with E-state index in [4.69, 9.17) is 10.5 Å². The molecule has 0 atom stereocenters. The lowest BCUT2D eigenvalue weighted by Gasteiger charge is -2.14. The number of alkyl halides is 3. The van der Waals surface area contributed by atoms with E-state index in [1.165, 1.54) is 24.3 Å². The summed E-state index contributed by atoms with van der Waals surface area (Å²) in [7, 11) is 0. The summed E-state index contributed by atoms with van der Waals surface area (Å²) in [6, 6.07) is 8.52. The molecule has 30 heavy (non-hydrogen) atoms. The molecule has 2 heterocycles. The number of halogens is 3. The Balaban J connectivity index is 1.92. The number of aromatic nitrogens is 2. The highest BCUT2D eigenvalue weighted by molar-refractivity contribution is 5.94. The van der Waals surface area contributed by atoms with Gasteiger partial charge in [-0.3, -0.25) is 14.6 Å². The number of primary amides is 1. The molecule has 0 aliphatic carbocycles. The van der Waals surface area contributed by atoms with E-state index in [1.807, 2.05) is 19.9 Å². The van der Waals surface area contributed by atoms with Gasteiger partial charge in [0, 0.05) is 17.5 Å². The number of H-pyrrole nitrogens is 1. The van der Waals surface area contributed by atoms with Crippen molar-refractivity contribution in [3.05, 3.63) is 81.0 Å². The number of nitrogens with one attached hydrogen (secondary N) is 1. The smallest absolute Gasteiger partial charge is 0.431 e. The topological polar surface area (TPSA) is 98.1 Å². The third-order valence-corrected chi connectivity index (χ3v) is 4.72. The highest BCUT2D eigenvalue weighted by Gasteiger charge is 2.36. The molecule has 1 aromatic carbocycles. The highest BCUT2D eigenvalue weighted by Crippen LogP contribution is 2.35. The number of pyridine rings is 2. The van der Waals surface area contributed by atoms with Crippen molar-refractivity contribution in [2.24, 2.45) is 5.73 Å². The quantitative estimate of drug-likeness (QED) is 0.661. The normalized spacial score (nSPS) is 11.4. The Kier molecular flexibility index (Phi) is 5.64. The van der Waals surface area contributed by atoms with Gasteiger partial charge in [-0.1, -0.05) is 12.1 Å². The Labute approximate surface area is 169 Å². The molecular formula is C21H18F3N3O3. The molecular weight excluding hydrogens is 399 g/mol. The molecule has 0 unspecified atom stereocenters. The van der Waals surface area contributed by atoms with Crippen LogP contribution in [0.5, 0.6) is 5.75 Å². The van der Waals surface area contributed by atoms with Gasteiger partial charge >= 0.3 is 6.18 Å². The summed E-state index contributed by atoms with van der Waals surface area (Å²) in [6.07, 6.45) is -3.15.